The van der Waals surface area contributed by atoms with Gasteiger partial charge in [-0.25, -0.2) is 12.8 Å². The van der Waals surface area contributed by atoms with Crippen LogP contribution in [0.5, 0.6) is 0 Å². The molecule has 2 N–H and O–H groups in total. The SMILES string of the molecule is CCC(N)S(=O)(=O)CCC(F)(C(F)(F)F)C(F)(F)F. The molecule has 3 nitrogen and oxygen atoms in total. The lowest BCUT2D eigenvalue weighted by Crippen LogP contribution is -2.54. The van der Waals surface area contributed by atoms with Crippen molar-refractivity contribution in [3.05, 3.63) is 0 Å². The second-order valence-corrected chi connectivity index (χ2v) is 6.20. The third kappa shape index (κ3) is 3.94. The molecule has 0 aliphatic carbocycles. The second kappa shape index (κ2) is 5.43. The van der Waals surface area contributed by atoms with Gasteiger partial charge in [0.1, 0.15) is 5.37 Å². The lowest BCUT2D eigenvalue weighted by atomic mass is 10.0. The third-order valence-electron chi connectivity index (χ3n) is 2.49. The van der Waals surface area contributed by atoms with Crippen LogP contribution >= 0.6 is 0 Å². The highest BCUT2D eigenvalue weighted by atomic mass is 32.2. The third-order valence-corrected chi connectivity index (χ3v) is 4.52. The van der Waals surface area contributed by atoms with Crippen molar-refractivity contribution < 1.29 is 39.2 Å². The van der Waals surface area contributed by atoms with Gasteiger partial charge in [-0.3, -0.25) is 0 Å². The van der Waals surface area contributed by atoms with Crippen LogP contribution in [0.3, 0.4) is 0 Å². The minimum atomic E-state index is -6.25. The highest BCUT2D eigenvalue weighted by molar-refractivity contribution is 7.91. The van der Waals surface area contributed by atoms with E-state index in [0.29, 0.717) is 0 Å². The quantitative estimate of drug-likeness (QED) is 0.791. The van der Waals surface area contributed by atoms with Crippen LogP contribution in [0.25, 0.3) is 0 Å². The van der Waals surface area contributed by atoms with Crippen LogP contribution in [-0.4, -0.2) is 37.6 Å². The van der Waals surface area contributed by atoms with Gasteiger partial charge in [0, 0.05) is 6.42 Å². The Bertz CT molecular complexity index is 386. The molecule has 0 rings (SSSR count). The lowest BCUT2D eigenvalue weighted by Gasteiger charge is -2.30. The topological polar surface area (TPSA) is 60.2 Å². The Kier molecular flexibility index (Phi) is 5.26. The first-order chi connectivity index (χ1) is 8.19. The molecule has 11 heteroatoms. The molecule has 0 aromatic heterocycles. The molecular weight excluding hydrogens is 307 g/mol. The summed E-state index contributed by atoms with van der Waals surface area (Å²) in [4.78, 5) is 0. The number of hydrogen-bond donors (Lipinski definition) is 1. The largest absolute Gasteiger partial charge is 0.431 e. The van der Waals surface area contributed by atoms with Gasteiger partial charge < -0.3 is 5.73 Å². The number of hydrogen-bond acceptors (Lipinski definition) is 3. The molecule has 0 amide bonds. The number of halogens is 7. The summed E-state index contributed by atoms with van der Waals surface area (Å²) in [5, 5.41) is -1.63. The average Bonchev–Trinajstić information content (AvgIpc) is 2.21. The molecule has 0 aromatic carbocycles. The lowest BCUT2D eigenvalue weighted by molar-refractivity contribution is -0.341. The molecule has 0 radical (unpaired) electrons. The summed E-state index contributed by atoms with van der Waals surface area (Å²) in [6, 6.07) is 0. The summed E-state index contributed by atoms with van der Waals surface area (Å²) in [5.74, 6) is -1.64. The van der Waals surface area contributed by atoms with E-state index in [0.717, 1.165) is 0 Å². The van der Waals surface area contributed by atoms with E-state index in [1.807, 2.05) is 0 Å². The Hall–Kier alpha value is -0.580. The van der Waals surface area contributed by atoms with E-state index in [9.17, 15) is 39.2 Å². The first kappa shape index (κ1) is 18.4. The van der Waals surface area contributed by atoms with E-state index in [1.54, 1.807) is 0 Å². The summed E-state index contributed by atoms with van der Waals surface area (Å²) in [6.07, 6.45) is -15.0. The van der Waals surface area contributed by atoms with Gasteiger partial charge in [0.2, 0.25) is 0 Å². The van der Waals surface area contributed by atoms with Crippen molar-refractivity contribution in [2.75, 3.05) is 5.75 Å². The van der Waals surface area contributed by atoms with Crippen molar-refractivity contribution in [2.24, 2.45) is 5.73 Å². The Morgan fingerprint density at radius 1 is 1.00 bits per heavy atom. The predicted octanol–water partition coefficient (Wildman–Crippen LogP) is 2.32. The van der Waals surface area contributed by atoms with Crippen LogP contribution in [0.15, 0.2) is 0 Å². The smallest absolute Gasteiger partial charge is 0.315 e. The maximum absolute atomic E-state index is 13.1. The van der Waals surface area contributed by atoms with Crippen molar-refractivity contribution in [2.45, 2.75) is 43.2 Å². The van der Waals surface area contributed by atoms with E-state index >= 15 is 0 Å². The Balaban J connectivity index is 5.22. The molecule has 0 saturated heterocycles. The Morgan fingerprint density at radius 3 is 1.63 bits per heavy atom. The van der Waals surface area contributed by atoms with Gasteiger partial charge in [0.25, 0.3) is 5.67 Å². The van der Waals surface area contributed by atoms with Crippen molar-refractivity contribution in [1.29, 1.82) is 0 Å². The van der Waals surface area contributed by atoms with Gasteiger partial charge in [-0.05, 0) is 6.42 Å². The maximum atomic E-state index is 13.1. The standard InChI is InChI=1S/C8H12F7NO2S/c1-2-5(16)19(17,18)4-3-6(9,7(10,11)12)8(13,14)15/h5H,2-4,16H2,1H3. The molecule has 0 heterocycles. The van der Waals surface area contributed by atoms with Crippen molar-refractivity contribution in [3.8, 4) is 0 Å². The molecule has 0 bridgehead atoms. The van der Waals surface area contributed by atoms with Gasteiger partial charge in [0.15, 0.2) is 9.84 Å². The molecule has 19 heavy (non-hydrogen) atoms. The zero-order valence-electron chi connectivity index (χ0n) is 9.65. The molecule has 0 fully saturated rings. The second-order valence-electron chi connectivity index (χ2n) is 3.86. The Labute approximate surface area is 104 Å². The molecule has 0 spiro atoms. The van der Waals surface area contributed by atoms with Gasteiger partial charge in [0.05, 0.1) is 5.75 Å². The van der Waals surface area contributed by atoms with E-state index < -0.39 is 45.4 Å². The fourth-order valence-electron chi connectivity index (χ4n) is 1.13. The van der Waals surface area contributed by atoms with Crippen LogP contribution in [0.1, 0.15) is 19.8 Å². The van der Waals surface area contributed by atoms with Crippen LogP contribution in [0, 0.1) is 0 Å². The monoisotopic (exact) mass is 319 g/mol. The van der Waals surface area contributed by atoms with Crippen LogP contribution in [-0.2, 0) is 9.84 Å². The summed E-state index contributed by atoms with van der Waals surface area (Å²) in [7, 11) is -4.43. The van der Waals surface area contributed by atoms with E-state index in [4.69, 9.17) is 5.73 Å². The fraction of sp³-hybridized carbons (Fsp3) is 1.00. The zero-order chi connectivity index (χ0) is 15.7. The highest BCUT2D eigenvalue weighted by Gasteiger charge is 2.72. The van der Waals surface area contributed by atoms with Crippen LogP contribution in [0.2, 0.25) is 0 Å². The molecule has 116 valence electrons. The number of alkyl halides is 7. The van der Waals surface area contributed by atoms with Crippen molar-refractivity contribution in [1.82, 2.24) is 0 Å². The predicted molar refractivity (Wildman–Crippen MR) is 52.6 cm³/mol. The number of rotatable bonds is 5. The number of nitrogens with two attached hydrogens (primary N) is 1. The highest BCUT2D eigenvalue weighted by Crippen LogP contribution is 2.48. The van der Waals surface area contributed by atoms with E-state index in [2.05, 4.69) is 0 Å². The average molecular weight is 319 g/mol. The van der Waals surface area contributed by atoms with E-state index in [1.165, 1.54) is 6.92 Å². The fourth-order valence-corrected chi connectivity index (χ4v) is 2.51. The van der Waals surface area contributed by atoms with Crippen molar-refractivity contribution >= 4 is 9.84 Å². The summed E-state index contributed by atoms with van der Waals surface area (Å²) in [5.41, 5.74) is -0.544. The molecule has 1 unspecified atom stereocenters. The van der Waals surface area contributed by atoms with Crippen LogP contribution < -0.4 is 5.73 Å². The maximum Gasteiger partial charge on any atom is 0.431 e. The first-order valence-corrected chi connectivity index (χ1v) is 6.70. The van der Waals surface area contributed by atoms with Crippen LogP contribution in [0.4, 0.5) is 30.7 Å². The molecular formula is C8H12F7NO2S. The molecule has 1 atom stereocenters. The zero-order valence-corrected chi connectivity index (χ0v) is 10.5. The van der Waals surface area contributed by atoms with Gasteiger partial charge in [-0.2, -0.15) is 26.3 Å². The summed E-state index contributed by atoms with van der Waals surface area (Å²) in [6.45, 7) is 1.28. The molecule has 0 aliphatic heterocycles. The van der Waals surface area contributed by atoms with E-state index in [-0.39, 0.29) is 6.42 Å². The number of sulfone groups is 1. The summed E-state index contributed by atoms with van der Waals surface area (Å²) < 4.78 is 108. The normalized spacial score (nSPS) is 16.5. The molecule has 0 aliphatic rings. The Morgan fingerprint density at radius 2 is 1.37 bits per heavy atom. The minimum absolute atomic E-state index is 0.209. The first-order valence-electron chi connectivity index (χ1n) is 4.98. The minimum Gasteiger partial charge on any atom is -0.315 e. The summed E-state index contributed by atoms with van der Waals surface area (Å²) >= 11 is 0. The van der Waals surface area contributed by atoms with Crippen molar-refractivity contribution in [3.63, 3.8) is 0 Å². The molecule has 0 aromatic rings. The van der Waals surface area contributed by atoms with Gasteiger partial charge >= 0.3 is 12.4 Å². The van der Waals surface area contributed by atoms with Gasteiger partial charge in [-0.1, -0.05) is 6.92 Å². The molecule has 0 saturated carbocycles. The van der Waals surface area contributed by atoms with Gasteiger partial charge in [-0.15, -0.1) is 0 Å².